The number of phenolic OH excluding ortho intramolecular Hbond substituents is 1. The van der Waals surface area contributed by atoms with Gasteiger partial charge in [0.1, 0.15) is 17.2 Å². The summed E-state index contributed by atoms with van der Waals surface area (Å²) in [6.07, 6.45) is 5.97. The Morgan fingerprint density at radius 3 is 2.22 bits per heavy atom. The summed E-state index contributed by atoms with van der Waals surface area (Å²) >= 11 is 12.8. The van der Waals surface area contributed by atoms with Crippen LogP contribution in [-0.4, -0.2) is 61.7 Å². The number of nitrogens with zero attached hydrogens (tertiary/aromatic N) is 2. The van der Waals surface area contributed by atoms with E-state index in [4.69, 9.17) is 42.1 Å². The van der Waals surface area contributed by atoms with Crippen molar-refractivity contribution in [1.82, 2.24) is 5.01 Å². The van der Waals surface area contributed by atoms with Crippen molar-refractivity contribution in [1.29, 1.82) is 0 Å². The Kier molecular flexibility index (Phi) is 11.6. The Morgan fingerprint density at radius 1 is 0.785 bits per heavy atom. The van der Waals surface area contributed by atoms with Gasteiger partial charge < -0.3 is 24.1 Å². The van der Waals surface area contributed by atoms with Gasteiger partial charge in [-0.3, -0.25) is 29.5 Å². The molecule has 0 spiro atoms. The molecule has 4 aliphatic rings. The molecule has 2 N–H and O–H groups in total. The molecular weight excluding hydrogens is 869 g/mol. The number of nitrogens with one attached hydrogen (secondary N) is 1. The number of ether oxygens (including phenoxy) is 4. The first-order valence-corrected chi connectivity index (χ1v) is 22.0. The molecule has 2 aliphatic heterocycles. The smallest absolute Gasteiger partial charge is 0.260 e. The third kappa shape index (κ3) is 7.16. The highest BCUT2D eigenvalue weighted by Crippen LogP contribution is 2.65. The lowest BCUT2D eigenvalue weighted by molar-refractivity contribution is -0.138. The first-order valence-electron chi connectivity index (χ1n) is 21.2. The number of halogens is 2. The fourth-order valence-electron chi connectivity index (χ4n) is 10.4. The third-order valence-electron chi connectivity index (χ3n) is 13.3. The molecular formula is C51H45Cl2N3O9. The van der Waals surface area contributed by atoms with Crippen LogP contribution in [-0.2, 0) is 24.6 Å². The van der Waals surface area contributed by atoms with Gasteiger partial charge in [-0.2, -0.15) is 5.01 Å². The number of methoxy groups -OCH3 is 3. The summed E-state index contributed by atoms with van der Waals surface area (Å²) in [6, 6.07) is 29.4. The average molecular weight is 915 g/mol. The molecule has 2 saturated heterocycles. The molecule has 3 fully saturated rings. The van der Waals surface area contributed by atoms with E-state index in [0.29, 0.717) is 44.7 Å². The number of para-hydroxylation sites is 1. The van der Waals surface area contributed by atoms with Crippen LogP contribution in [0.25, 0.3) is 12.2 Å². The van der Waals surface area contributed by atoms with E-state index in [-0.39, 0.29) is 47.6 Å². The lowest BCUT2D eigenvalue weighted by atomic mass is 9.49. The minimum Gasteiger partial charge on any atom is -0.504 e. The van der Waals surface area contributed by atoms with E-state index in [1.165, 1.54) is 18.1 Å². The standard InChI is InChI=1S/C51H45Cl2N3O9/c1-5-65-43-8-6-7-37(46(43)57)45-35-21-22-36-44(49(60)55(47(36)58)32-16-10-28(11-17-32)9-12-29-25-34(63-3)20-24-42(29)64-4)38(35)27-39-48(59)56(54-41-23-15-31(52)26-40(41)53)50(61)51(39,45)30-13-18-33(62-2)19-14-30/h6-21,23-26,36,38-39,44-45,54,57H,5,22,27H2,1-4H3/t36-,38+,39-,44-,45+,51+/m0/s1. The maximum absolute atomic E-state index is 15.6. The first-order chi connectivity index (χ1) is 31.4. The number of hydrogen-bond acceptors (Lipinski definition) is 10. The minimum atomic E-state index is -1.67. The summed E-state index contributed by atoms with van der Waals surface area (Å²) in [6.45, 7) is 2.05. The van der Waals surface area contributed by atoms with Crippen molar-refractivity contribution in [2.45, 2.75) is 31.1 Å². The van der Waals surface area contributed by atoms with Crippen LogP contribution in [0.5, 0.6) is 28.7 Å². The van der Waals surface area contributed by atoms with E-state index in [9.17, 15) is 14.7 Å². The van der Waals surface area contributed by atoms with Crippen LogP contribution in [0.4, 0.5) is 11.4 Å². The summed E-state index contributed by atoms with van der Waals surface area (Å²) in [5, 5.41) is 13.6. The van der Waals surface area contributed by atoms with Gasteiger partial charge in [0.25, 0.3) is 11.8 Å². The van der Waals surface area contributed by atoms with Crippen molar-refractivity contribution in [2.75, 3.05) is 38.3 Å². The Morgan fingerprint density at radius 2 is 1.52 bits per heavy atom. The fraction of sp³-hybridized carbons (Fsp3) is 0.255. The van der Waals surface area contributed by atoms with Crippen LogP contribution in [0, 0.1) is 23.7 Å². The molecule has 1 saturated carbocycles. The molecule has 332 valence electrons. The van der Waals surface area contributed by atoms with Crippen LogP contribution < -0.4 is 29.3 Å². The Hall–Kier alpha value is -6.76. The molecule has 14 heteroatoms. The molecule has 9 rings (SSSR count). The Bertz CT molecular complexity index is 2790. The highest BCUT2D eigenvalue weighted by molar-refractivity contribution is 6.36. The third-order valence-corrected chi connectivity index (χ3v) is 13.8. The van der Waals surface area contributed by atoms with E-state index in [1.807, 2.05) is 48.6 Å². The van der Waals surface area contributed by atoms with Crippen molar-refractivity contribution in [3.63, 3.8) is 0 Å². The summed E-state index contributed by atoms with van der Waals surface area (Å²) in [5.74, 6) is -4.40. The highest BCUT2D eigenvalue weighted by Gasteiger charge is 2.71. The van der Waals surface area contributed by atoms with E-state index < -0.39 is 52.7 Å². The van der Waals surface area contributed by atoms with Crippen LogP contribution in [0.2, 0.25) is 10.0 Å². The van der Waals surface area contributed by atoms with Gasteiger partial charge in [-0.25, -0.2) is 0 Å². The minimum absolute atomic E-state index is 0.0445. The number of carbonyl (C=O) groups excluding carboxylic acids is 4. The zero-order chi connectivity index (χ0) is 45.7. The van der Waals surface area contributed by atoms with E-state index in [0.717, 1.165) is 16.1 Å². The maximum Gasteiger partial charge on any atom is 0.260 e. The SMILES string of the molecule is CCOc1cccc([C@H]2C3=CC[C@@H]4C(=O)N(c5ccc(C=Cc6cc(OC)ccc6OC)cc5)C(=O)[C@@H]4[C@@H]3C[C@H]3C(=O)N(Nc4ccc(Cl)cc4Cl)C(=O)[C@@]23c2ccc(OC)cc2)c1O. The molecule has 2 aliphatic carbocycles. The maximum atomic E-state index is 15.6. The molecule has 0 bridgehead atoms. The lowest BCUT2D eigenvalue weighted by Crippen LogP contribution is -2.53. The van der Waals surface area contributed by atoms with Gasteiger partial charge in [0.05, 0.1) is 67.5 Å². The number of phenols is 1. The summed E-state index contributed by atoms with van der Waals surface area (Å²) < 4.78 is 22.3. The van der Waals surface area contributed by atoms with Gasteiger partial charge in [-0.05, 0) is 104 Å². The zero-order valence-electron chi connectivity index (χ0n) is 35.9. The molecule has 6 atom stereocenters. The van der Waals surface area contributed by atoms with Crippen molar-refractivity contribution in [2.24, 2.45) is 23.7 Å². The Labute approximate surface area is 385 Å². The second kappa shape index (κ2) is 17.3. The molecule has 0 aromatic heterocycles. The number of allylic oxidation sites excluding steroid dienone is 2. The number of aromatic hydroxyl groups is 1. The van der Waals surface area contributed by atoms with E-state index in [2.05, 4.69) is 5.43 Å². The monoisotopic (exact) mass is 913 g/mol. The van der Waals surface area contributed by atoms with Gasteiger partial charge in [-0.15, -0.1) is 0 Å². The number of carbonyl (C=O) groups is 4. The predicted octanol–water partition coefficient (Wildman–Crippen LogP) is 9.48. The van der Waals surface area contributed by atoms with Gasteiger partial charge in [0.15, 0.2) is 11.5 Å². The normalized spacial score (nSPS) is 23.5. The van der Waals surface area contributed by atoms with Crippen LogP contribution in [0.15, 0.2) is 115 Å². The summed E-state index contributed by atoms with van der Waals surface area (Å²) in [7, 11) is 4.73. The van der Waals surface area contributed by atoms with Crippen LogP contribution in [0.1, 0.15) is 47.9 Å². The number of benzene rings is 5. The number of amides is 4. The number of fused-ring (bicyclic) bond motifs is 4. The van der Waals surface area contributed by atoms with E-state index in [1.54, 1.807) is 87.9 Å². The zero-order valence-corrected chi connectivity index (χ0v) is 37.4. The number of hydrogen-bond donors (Lipinski definition) is 2. The predicted molar refractivity (Wildman–Crippen MR) is 247 cm³/mol. The molecule has 65 heavy (non-hydrogen) atoms. The molecule has 5 aromatic rings. The number of rotatable bonds is 12. The fourth-order valence-corrected chi connectivity index (χ4v) is 10.8. The molecule has 0 radical (unpaired) electrons. The van der Waals surface area contributed by atoms with E-state index >= 15 is 9.59 Å². The lowest BCUT2D eigenvalue weighted by Gasteiger charge is -2.50. The van der Waals surface area contributed by atoms with Crippen molar-refractivity contribution in [3.8, 4) is 28.7 Å². The molecule has 5 aromatic carbocycles. The van der Waals surface area contributed by atoms with Gasteiger partial charge in [0.2, 0.25) is 11.8 Å². The van der Waals surface area contributed by atoms with Crippen molar-refractivity contribution >= 4 is 70.4 Å². The summed E-state index contributed by atoms with van der Waals surface area (Å²) in [4.78, 5) is 61.5. The second-order valence-corrected chi connectivity index (χ2v) is 17.2. The largest absolute Gasteiger partial charge is 0.504 e. The first kappa shape index (κ1) is 43.5. The highest BCUT2D eigenvalue weighted by atomic mass is 35.5. The summed E-state index contributed by atoms with van der Waals surface area (Å²) in [5.41, 5.74) is 5.14. The number of anilines is 2. The van der Waals surface area contributed by atoms with Gasteiger partial charge in [-0.1, -0.05) is 83.4 Å². The molecule has 2 heterocycles. The van der Waals surface area contributed by atoms with Crippen molar-refractivity contribution < 1.29 is 43.2 Å². The Balaban J connectivity index is 1.14. The topological polar surface area (TPSA) is 144 Å². The average Bonchev–Trinajstić information content (AvgIpc) is 3.70. The number of hydrazine groups is 1. The molecule has 0 unspecified atom stereocenters. The molecule has 4 amide bonds. The van der Waals surface area contributed by atoms with Crippen molar-refractivity contribution in [3.05, 3.63) is 147 Å². The molecule has 12 nitrogen and oxygen atoms in total. The quantitative estimate of drug-likeness (QED) is 0.0706. The van der Waals surface area contributed by atoms with Crippen LogP contribution >= 0.6 is 23.2 Å². The van der Waals surface area contributed by atoms with Gasteiger partial charge >= 0.3 is 0 Å². The van der Waals surface area contributed by atoms with Gasteiger partial charge in [0, 0.05) is 22.1 Å². The van der Waals surface area contributed by atoms with Crippen LogP contribution in [0.3, 0.4) is 0 Å². The second-order valence-electron chi connectivity index (χ2n) is 16.4. The number of imide groups is 2.